The molecule has 1 aromatic heterocycles. The van der Waals surface area contributed by atoms with Crippen molar-refractivity contribution in [3.05, 3.63) is 77.1 Å². The molecular formula is C25H28ClN5O3S. The summed E-state index contributed by atoms with van der Waals surface area (Å²) in [6.45, 7) is 7.94. The van der Waals surface area contributed by atoms with Gasteiger partial charge in [0.25, 0.3) is 0 Å². The van der Waals surface area contributed by atoms with Crippen LogP contribution < -0.4 is 15.4 Å². The molecule has 0 aliphatic heterocycles. The molecule has 1 unspecified atom stereocenters. The summed E-state index contributed by atoms with van der Waals surface area (Å²) in [5.41, 5.74) is 2.36. The van der Waals surface area contributed by atoms with Crippen LogP contribution in [0.15, 0.2) is 60.3 Å². The van der Waals surface area contributed by atoms with Crippen LogP contribution in [0.2, 0.25) is 5.02 Å². The highest BCUT2D eigenvalue weighted by molar-refractivity contribution is 7.99. The number of allylic oxidation sites excluding steroid dienone is 1. The molecule has 1 atom stereocenters. The molecule has 0 aliphatic carbocycles. The topological polar surface area (TPSA) is 98.1 Å². The van der Waals surface area contributed by atoms with E-state index < -0.39 is 0 Å². The molecule has 0 saturated carbocycles. The third-order valence-corrected chi connectivity index (χ3v) is 6.60. The molecule has 0 saturated heterocycles. The molecule has 1 heterocycles. The average molecular weight is 514 g/mol. The lowest BCUT2D eigenvalue weighted by molar-refractivity contribution is -0.121. The van der Waals surface area contributed by atoms with Crippen molar-refractivity contribution in [3.63, 3.8) is 0 Å². The molecule has 2 amide bonds. The molecular weight excluding hydrogens is 486 g/mol. The van der Waals surface area contributed by atoms with E-state index >= 15 is 0 Å². The van der Waals surface area contributed by atoms with Crippen molar-refractivity contribution in [1.29, 1.82) is 0 Å². The molecule has 2 aromatic carbocycles. The number of carbonyl (C=O) groups is 2. The van der Waals surface area contributed by atoms with Crippen LogP contribution in [0.3, 0.4) is 0 Å². The minimum absolute atomic E-state index is 0.138. The maximum Gasteiger partial charge on any atom is 0.234 e. The van der Waals surface area contributed by atoms with Crippen LogP contribution in [0.1, 0.15) is 29.9 Å². The summed E-state index contributed by atoms with van der Waals surface area (Å²) in [5, 5.41) is 15.5. The number of carbonyl (C=O) groups excluding carboxylic acids is 2. The first-order valence-corrected chi connectivity index (χ1v) is 12.3. The third-order valence-electron chi connectivity index (χ3n) is 5.22. The van der Waals surface area contributed by atoms with Gasteiger partial charge in [0.15, 0.2) is 11.0 Å². The summed E-state index contributed by atoms with van der Waals surface area (Å²) < 4.78 is 6.99. The lowest BCUT2D eigenvalue weighted by Crippen LogP contribution is -2.30. The second-order valence-electron chi connectivity index (χ2n) is 7.80. The van der Waals surface area contributed by atoms with Crippen LogP contribution in [0.4, 0.5) is 5.69 Å². The molecule has 0 aliphatic rings. The Labute approximate surface area is 214 Å². The second-order valence-corrected chi connectivity index (χ2v) is 9.15. The number of thioether (sulfide) groups is 1. The van der Waals surface area contributed by atoms with Crippen LogP contribution in [0.5, 0.6) is 5.75 Å². The summed E-state index contributed by atoms with van der Waals surface area (Å²) in [6, 6.07) is 12.3. The number of methoxy groups -OCH3 is 1. The highest BCUT2D eigenvalue weighted by atomic mass is 35.5. The average Bonchev–Trinajstić information content (AvgIpc) is 3.24. The Morgan fingerprint density at radius 3 is 2.63 bits per heavy atom. The molecule has 10 heteroatoms. The molecule has 0 bridgehead atoms. The minimum Gasteiger partial charge on any atom is -0.497 e. The number of amides is 2. The van der Waals surface area contributed by atoms with Crippen molar-refractivity contribution >= 4 is 40.9 Å². The van der Waals surface area contributed by atoms with Crippen LogP contribution in [-0.2, 0) is 22.6 Å². The van der Waals surface area contributed by atoms with E-state index in [1.54, 1.807) is 31.4 Å². The summed E-state index contributed by atoms with van der Waals surface area (Å²) in [5.74, 6) is 1.14. The number of ether oxygens (including phenoxy) is 1. The summed E-state index contributed by atoms with van der Waals surface area (Å²) in [4.78, 5) is 25.1. The maximum atomic E-state index is 12.6. The minimum atomic E-state index is -0.384. The van der Waals surface area contributed by atoms with Crippen molar-refractivity contribution in [1.82, 2.24) is 20.1 Å². The van der Waals surface area contributed by atoms with E-state index in [1.165, 1.54) is 11.8 Å². The predicted octanol–water partition coefficient (Wildman–Crippen LogP) is 4.59. The molecule has 184 valence electrons. The summed E-state index contributed by atoms with van der Waals surface area (Å²) >= 11 is 7.39. The van der Waals surface area contributed by atoms with E-state index in [9.17, 15) is 9.59 Å². The van der Waals surface area contributed by atoms with Gasteiger partial charge in [0, 0.05) is 17.3 Å². The van der Waals surface area contributed by atoms with Gasteiger partial charge in [-0.25, -0.2) is 0 Å². The monoisotopic (exact) mass is 513 g/mol. The Kier molecular flexibility index (Phi) is 9.33. The number of rotatable bonds is 11. The van der Waals surface area contributed by atoms with Crippen LogP contribution in [0.25, 0.3) is 0 Å². The Morgan fingerprint density at radius 1 is 1.20 bits per heavy atom. The number of hydrogen-bond acceptors (Lipinski definition) is 6. The van der Waals surface area contributed by atoms with Gasteiger partial charge < -0.3 is 19.9 Å². The van der Waals surface area contributed by atoms with Crippen LogP contribution in [-0.4, -0.2) is 39.4 Å². The fourth-order valence-electron chi connectivity index (χ4n) is 3.37. The zero-order valence-corrected chi connectivity index (χ0v) is 21.4. The molecule has 3 rings (SSSR count). The van der Waals surface area contributed by atoms with Crippen molar-refractivity contribution in [2.45, 2.75) is 38.0 Å². The van der Waals surface area contributed by atoms with Gasteiger partial charge in [0.1, 0.15) is 5.75 Å². The van der Waals surface area contributed by atoms with Crippen molar-refractivity contribution in [2.24, 2.45) is 0 Å². The molecule has 3 aromatic rings. The maximum absolute atomic E-state index is 12.6. The zero-order chi connectivity index (χ0) is 25.4. The molecule has 0 fully saturated rings. The second kappa shape index (κ2) is 12.4. The molecule has 2 N–H and O–H groups in total. The predicted molar refractivity (Wildman–Crippen MR) is 139 cm³/mol. The first-order valence-electron chi connectivity index (χ1n) is 11.0. The fourth-order valence-corrected chi connectivity index (χ4v) is 4.30. The largest absolute Gasteiger partial charge is 0.497 e. The normalized spacial score (nSPS) is 11.5. The zero-order valence-electron chi connectivity index (χ0n) is 19.9. The van der Waals surface area contributed by atoms with E-state index in [0.29, 0.717) is 28.2 Å². The molecule has 35 heavy (non-hydrogen) atoms. The highest BCUT2D eigenvalue weighted by Gasteiger charge is 2.20. The number of benzene rings is 2. The third kappa shape index (κ3) is 7.10. The van der Waals surface area contributed by atoms with Gasteiger partial charge in [0.05, 0.1) is 25.3 Å². The highest BCUT2D eigenvalue weighted by Crippen LogP contribution is 2.24. The number of nitrogens with zero attached hydrogens (tertiary/aromatic N) is 3. The SMILES string of the molecule is C=CCn1c(SCC(=O)Nc2cccc(Cl)c2C)nnc1C(C)NC(=O)Cc1ccc(OC)cc1. The Bertz CT molecular complexity index is 1200. The van der Waals surface area contributed by atoms with Crippen molar-refractivity contribution in [3.8, 4) is 5.75 Å². The quantitative estimate of drug-likeness (QED) is 0.287. The lowest BCUT2D eigenvalue weighted by Gasteiger charge is -2.15. The summed E-state index contributed by atoms with van der Waals surface area (Å²) in [7, 11) is 1.60. The standard InChI is InChI=1S/C25H28ClN5O3S/c1-5-13-31-24(17(3)27-22(32)14-18-9-11-19(34-4)12-10-18)29-30-25(31)35-15-23(33)28-21-8-6-7-20(26)16(21)2/h5-12,17H,1,13-15H2,2-4H3,(H,27,32)(H,28,33). The van der Waals surface area contributed by atoms with Gasteiger partial charge in [-0.05, 0) is 49.2 Å². The first kappa shape index (κ1) is 26.3. The van der Waals surface area contributed by atoms with Gasteiger partial charge in [-0.2, -0.15) is 0 Å². The van der Waals surface area contributed by atoms with Gasteiger partial charge in [-0.15, -0.1) is 16.8 Å². The van der Waals surface area contributed by atoms with E-state index in [0.717, 1.165) is 16.9 Å². The Hall–Kier alpha value is -3.30. The van der Waals surface area contributed by atoms with Gasteiger partial charge in [-0.3, -0.25) is 9.59 Å². The van der Waals surface area contributed by atoms with Gasteiger partial charge >= 0.3 is 0 Å². The summed E-state index contributed by atoms with van der Waals surface area (Å²) in [6.07, 6.45) is 1.95. The molecule has 8 nitrogen and oxygen atoms in total. The number of halogens is 1. The first-order chi connectivity index (χ1) is 16.8. The van der Waals surface area contributed by atoms with Crippen molar-refractivity contribution < 1.29 is 14.3 Å². The van der Waals surface area contributed by atoms with E-state index in [2.05, 4.69) is 27.4 Å². The van der Waals surface area contributed by atoms with Gasteiger partial charge in [-0.1, -0.05) is 47.6 Å². The number of anilines is 1. The molecule has 0 spiro atoms. The Morgan fingerprint density at radius 2 is 1.94 bits per heavy atom. The number of aromatic nitrogens is 3. The van der Waals surface area contributed by atoms with E-state index in [-0.39, 0.29) is 30.0 Å². The molecule has 0 radical (unpaired) electrons. The number of nitrogens with one attached hydrogen (secondary N) is 2. The van der Waals surface area contributed by atoms with E-state index in [4.69, 9.17) is 16.3 Å². The van der Waals surface area contributed by atoms with E-state index in [1.807, 2.05) is 42.7 Å². The fraction of sp³-hybridized carbons (Fsp3) is 0.280. The lowest BCUT2D eigenvalue weighted by atomic mass is 10.1. The van der Waals surface area contributed by atoms with Crippen LogP contribution >= 0.6 is 23.4 Å². The van der Waals surface area contributed by atoms with Gasteiger partial charge in [0.2, 0.25) is 11.8 Å². The Balaban J connectivity index is 1.62. The van der Waals surface area contributed by atoms with Crippen molar-refractivity contribution in [2.75, 3.05) is 18.2 Å². The number of hydrogen-bond donors (Lipinski definition) is 2. The van der Waals surface area contributed by atoms with Crippen LogP contribution in [0, 0.1) is 6.92 Å². The smallest absolute Gasteiger partial charge is 0.234 e.